The molecule has 28 heavy (non-hydrogen) atoms. The summed E-state index contributed by atoms with van der Waals surface area (Å²) in [4.78, 5) is 27.2. The van der Waals surface area contributed by atoms with Gasteiger partial charge in [-0.1, -0.05) is 24.3 Å². The highest BCUT2D eigenvalue weighted by Gasteiger charge is 2.45. The molecule has 1 aromatic carbocycles. The normalized spacial score (nSPS) is 19.0. The Morgan fingerprint density at radius 2 is 2.04 bits per heavy atom. The van der Waals surface area contributed by atoms with E-state index < -0.39 is 5.41 Å². The van der Waals surface area contributed by atoms with Gasteiger partial charge in [-0.05, 0) is 52.4 Å². The Labute approximate surface area is 167 Å². The van der Waals surface area contributed by atoms with Crippen LogP contribution in [0.3, 0.4) is 0 Å². The summed E-state index contributed by atoms with van der Waals surface area (Å²) in [5.41, 5.74) is 3.30. The molecule has 0 radical (unpaired) electrons. The van der Waals surface area contributed by atoms with E-state index in [4.69, 9.17) is 0 Å². The van der Waals surface area contributed by atoms with Crippen LogP contribution in [0, 0.1) is 5.41 Å². The van der Waals surface area contributed by atoms with Crippen LogP contribution in [0.5, 0.6) is 0 Å². The Morgan fingerprint density at radius 1 is 1.21 bits per heavy atom. The predicted molar refractivity (Wildman–Crippen MR) is 109 cm³/mol. The number of H-pyrrole nitrogens is 1. The highest BCUT2D eigenvalue weighted by Crippen LogP contribution is 2.36. The summed E-state index contributed by atoms with van der Waals surface area (Å²) >= 11 is 1.68. The summed E-state index contributed by atoms with van der Waals surface area (Å²) < 4.78 is 0. The Hall–Kier alpha value is -2.93. The van der Waals surface area contributed by atoms with E-state index >= 15 is 0 Å². The zero-order valence-electron chi connectivity index (χ0n) is 15.6. The summed E-state index contributed by atoms with van der Waals surface area (Å²) in [5.74, 6) is -0.134. The topological polar surface area (TPSA) is 78.1 Å². The van der Waals surface area contributed by atoms with Crippen LogP contribution in [0.2, 0.25) is 0 Å². The van der Waals surface area contributed by atoms with Crippen molar-refractivity contribution in [2.45, 2.75) is 12.8 Å². The van der Waals surface area contributed by atoms with Crippen LogP contribution in [0.15, 0.2) is 53.4 Å². The number of carbonyl (C=O) groups excluding carboxylic acids is 2. The number of aromatic nitrogens is 2. The maximum Gasteiger partial charge on any atom is 0.271 e. The van der Waals surface area contributed by atoms with E-state index in [0.717, 1.165) is 5.56 Å². The fourth-order valence-electron chi connectivity index (χ4n) is 3.90. The average Bonchev–Trinajstić information content (AvgIpc) is 3.49. The Morgan fingerprint density at radius 3 is 2.68 bits per heavy atom. The van der Waals surface area contributed by atoms with Crippen molar-refractivity contribution >= 4 is 23.2 Å². The Balaban J connectivity index is 1.54. The molecule has 1 aliphatic heterocycles. The minimum Gasteiger partial charge on any atom is -0.359 e. The van der Waals surface area contributed by atoms with Gasteiger partial charge in [-0.15, -0.1) is 0 Å². The number of nitrogens with zero attached hydrogens (tertiary/aromatic N) is 2. The van der Waals surface area contributed by atoms with E-state index in [1.165, 1.54) is 11.1 Å². The molecule has 6 nitrogen and oxygen atoms in total. The molecule has 1 aliphatic rings. The lowest BCUT2D eigenvalue weighted by Crippen LogP contribution is -2.44. The van der Waals surface area contributed by atoms with Gasteiger partial charge in [0.15, 0.2) is 0 Å². The van der Waals surface area contributed by atoms with E-state index in [0.29, 0.717) is 31.6 Å². The Bertz CT molecular complexity index is 951. The number of benzene rings is 1. The van der Waals surface area contributed by atoms with Gasteiger partial charge in [0.2, 0.25) is 5.91 Å². The molecule has 2 amide bonds. The molecule has 0 bridgehead atoms. The molecule has 2 aromatic heterocycles. The summed E-state index contributed by atoms with van der Waals surface area (Å²) in [7, 11) is 1.66. The fourth-order valence-corrected chi connectivity index (χ4v) is 4.57. The molecular weight excluding hydrogens is 372 g/mol. The van der Waals surface area contributed by atoms with Crippen molar-refractivity contribution in [1.29, 1.82) is 0 Å². The minimum atomic E-state index is -0.617. The zero-order valence-corrected chi connectivity index (χ0v) is 16.5. The number of hydrogen-bond acceptors (Lipinski definition) is 4. The monoisotopic (exact) mass is 394 g/mol. The molecule has 0 unspecified atom stereocenters. The first-order valence-corrected chi connectivity index (χ1v) is 10.2. The molecule has 7 heteroatoms. The van der Waals surface area contributed by atoms with Gasteiger partial charge in [0.05, 0.1) is 5.41 Å². The van der Waals surface area contributed by atoms with Gasteiger partial charge in [0.1, 0.15) is 5.69 Å². The highest BCUT2D eigenvalue weighted by molar-refractivity contribution is 7.08. The van der Waals surface area contributed by atoms with Crippen LogP contribution in [0.4, 0.5) is 0 Å². The van der Waals surface area contributed by atoms with Crippen LogP contribution >= 0.6 is 11.3 Å². The number of aromatic amines is 1. The number of carbonyl (C=O) groups is 2. The molecule has 3 aromatic rings. The lowest BCUT2D eigenvalue weighted by Gasteiger charge is -2.27. The average molecular weight is 395 g/mol. The highest BCUT2D eigenvalue weighted by atomic mass is 32.1. The number of rotatable bonds is 5. The van der Waals surface area contributed by atoms with Crippen molar-refractivity contribution < 1.29 is 9.59 Å². The van der Waals surface area contributed by atoms with E-state index in [1.54, 1.807) is 35.5 Å². The fraction of sp³-hybridized carbons (Fsp3) is 0.286. The molecule has 4 rings (SSSR count). The van der Waals surface area contributed by atoms with Crippen LogP contribution in [0.1, 0.15) is 22.5 Å². The van der Waals surface area contributed by atoms with Gasteiger partial charge in [-0.25, -0.2) is 0 Å². The molecule has 1 fully saturated rings. The Kier molecular flexibility index (Phi) is 5.00. The third-order valence-electron chi connectivity index (χ3n) is 5.43. The zero-order chi connectivity index (χ0) is 19.6. The van der Waals surface area contributed by atoms with Crippen molar-refractivity contribution in [3.8, 4) is 11.1 Å². The largest absolute Gasteiger partial charge is 0.359 e. The van der Waals surface area contributed by atoms with Gasteiger partial charge >= 0.3 is 0 Å². The van der Waals surface area contributed by atoms with Gasteiger partial charge in [0.25, 0.3) is 5.91 Å². The third-order valence-corrected chi connectivity index (χ3v) is 6.12. The predicted octanol–water partition coefficient (Wildman–Crippen LogP) is 2.96. The van der Waals surface area contributed by atoms with Crippen molar-refractivity contribution in [2.24, 2.45) is 5.41 Å². The SMILES string of the molecule is CNC(=O)[C@@]1(Cc2ccc(-c3ccsc3)cc2)CCN(C(=O)c2ccn[nH]2)C1. The second kappa shape index (κ2) is 7.59. The number of likely N-dealkylation sites (tertiary alicyclic amines) is 1. The standard InChI is InChI=1S/C21H22N4O2S/c1-22-20(27)21(8-10-25(14-21)19(26)18-6-9-23-24-18)12-15-2-4-16(5-3-15)17-7-11-28-13-17/h2-7,9,11,13H,8,10,12,14H2,1H3,(H,22,27)(H,23,24)/t21-/m1/s1. The second-order valence-corrected chi connectivity index (χ2v) is 7.97. The first kappa shape index (κ1) is 18.4. The molecular formula is C21H22N4O2S. The van der Waals surface area contributed by atoms with Crippen LogP contribution in [0.25, 0.3) is 11.1 Å². The molecule has 1 atom stereocenters. The number of hydrogen-bond donors (Lipinski definition) is 2. The molecule has 0 spiro atoms. The molecule has 3 heterocycles. The third kappa shape index (κ3) is 3.45. The molecule has 0 aliphatic carbocycles. The number of nitrogens with one attached hydrogen (secondary N) is 2. The van der Waals surface area contributed by atoms with Crippen molar-refractivity contribution in [3.63, 3.8) is 0 Å². The van der Waals surface area contributed by atoms with Gasteiger partial charge in [0, 0.05) is 26.3 Å². The van der Waals surface area contributed by atoms with Crippen molar-refractivity contribution in [2.75, 3.05) is 20.1 Å². The maximum atomic E-state index is 12.8. The second-order valence-electron chi connectivity index (χ2n) is 7.19. The van der Waals surface area contributed by atoms with Gasteiger partial charge in [-0.3, -0.25) is 14.7 Å². The van der Waals surface area contributed by atoms with E-state index in [1.807, 2.05) is 0 Å². The van der Waals surface area contributed by atoms with E-state index in [-0.39, 0.29) is 11.8 Å². The molecule has 144 valence electrons. The lowest BCUT2D eigenvalue weighted by atomic mass is 9.79. The van der Waals surface area contributed by atoms with Crippen molar-refractivity contribution in [1.82, 2.24) is 20.4 Å². The molecule has 0 saturated carbocycles. The molecule has 1 saturated heterocycles. The maximum absolute atomic E-state index is 12.8. The smallest absolute Gasteiger partial charge is 0.271 e. The quantitative estimate of drug-likeness (QED) is 0.698. The minimum absolute atomic E-state index is 0.0191. The summed E-state index contributed by atoms with van der Waals surface area (Å²) in [6.07, 6.45) is 2.80. The summed E-state index contributed by atoms with van der Waals surface area (Å²) in [5, 5.41) is 13.5. The van der Waals surface area contributed by atoms with Crippen LogP contribution in [-0.2, 0) is 11.2 Å². The van der Waals surface area contributed by atoms with Gasteiger partial charge in [-0.2, -0.15) is 16.4 Å². The van der Waals surface area contributed by atoms with E-state index in [2.05, 4.69) is 56.6 Å². The summed E-state index contributed by atoms with van der Waals surface area (Å²) in [6.45, 7) is 0.953. The first-order valence-electron chi connectivity index (χ1n) is 9.24. The number of thiophene rings is 1. The first-order chi connectivity index (χ1) is 13.6. The molecule has 2 N–H and O–H groups in total. The summed E-state index contributed by atoms with van der Waals surface area (Å²) in [6, 6.07) is 12.1. The van der Waals surface area contributed by atoms with Crippen LogP contribution in [-0.4, -0.2) is 47.0 Å². The number of amides is 2. The van der Waals surface area contributed by atoms with Crippen molar-refractivity contribution in [3.05, 3.63) is 64.6 Å². The van der Waals surface area contributed by atoms with Crippen LogP contribution < -0.4 is 5.32 Å². The van der Waals surface area contributed by atoms with E-state index in [9.17, 15) is 9.59 Å². The van der Waals surface area contributed by atoms with Gasteiger partial charge < -0.3 is 10.2 Å². The lowest BCUT2D eigenvalue weighted by molar-refractivity contribution is -0.129.